The van der Waals surface area contributed by atoms with Gasteiger partial charge >= 0.3 is 0 Å². The number of hydrogen-bond acceptors (Lipinski definition) is 5. The highest BCUT2D eigenvalue weighted by Crippen LogP contribution is 2.15. The Morgan fingerprint density at radius 1 is 0.921 bits per heavy atom. The number of halogens is 1. The van der Waals surface area contributed by atoms with Crippen LogP contribution >= 0.6 is 0 Å². The van der Waals surface area contributed by atoms with Crippen molar-refractivity contribution in [2.75, 3.05) is 45.9 Å². The molecule has 1 saturated heterocycles. The summed E-state index contributed by atoms with van der Waals surface area (Å²) in [6.45, 7) is 7.03. The second-order valence-corrected chi connectivity index (χ2v) is 9.54. The Morgan fingerprint density at radius 2 is 1.63 bits per heavy atom. The molecule has 0 atom stereocenters. The van der Waals surface area contributed by atoms with Crippen LogP contribution in [0, 0.1) is 5.82 Å². The van der Waals surface area contributed by atoms with Crippen LogP contribution in [-0.2, 0) is 29.0 Å². The van der Waals surface area contributed by atoms with Crippen molar-refractivity contribution >= 4 is 11.8 Å². The Hall–Kier alpha value is -3.49. The van der Waals surface area contributed by atoms with Crippen molar-refractivity contribution in [3.05, 3.63) is 95.2 Å². The molecule has 7 nitrogen and oxygen atoms in total. The molecule has 0 N–H and O–H groups in total. The van der Waals surface area contributed by atoms with E-state index in [-0.39, 0.29) is 37.3 Å². The fourth-order valence-electron chi connectivity index (χ4n) is 4.52. The summed E-state index contributed by atoms with van der Waals surface area (Å²) >= 11 is 0. The number of furan rings is 1. The Balaban J connectivity index is 1.49. The first-order valence-electron chi connectivity index (χ1n) is 13.2. The predicted molar refractivity (Wildman–Crippen MR) is 143 cm³/mol. The van der Waals surface area contributed by atoms with Crippen molar-refractivity contribution in [3.63, 3.8) is 0 Å². The fraction of sp³-hybridized carbons (Fsp3) is 0.400. The van der Waals surface area contributed by atoms with Gasteiger partial charge in [-0.25, -0.2) is 4.39 Å². The molecule has 0 bridgehead atoms. The first-order valence-corrected chi connectivity index (χ1v) is 13.2. The van der Waals surface area contributed by atoms with E-state index in [0.29, 0.717) is 17.9 Å². The first-order chi connectivity index (χ1) is 18.5. The van der Waals surface area contributed by atoms with Gasteiger partial charge in [0, 0.05) is 38.3 Å². The van der Waals surface area contributed by atoms with Gasteiger partial charge in [-0.15, -0.1) is 0 Å². The minimum Gasteiger partial charge on any atom is -0.467 e. The van der Waals surface area contributed by atoms with Gasteiger partial charge in [0.15, 0.2) is 0 Å². The third kappa shape index (κ3) is 8.00. The Kier molecular flexibility index (Phi) is 10.1. The average molecular weight is 522 g/mol. The van der Waals surface area contributed by atoms with E-state index in [2.05, 4.69) is 11.8 Å². The number of hydrogen-bond donors (Lipinski definition) is 0. The first kappa shape index (κ1) is 27.5. The van der Waals surface area contributed by atoms with Crippen molar-refractivity contribution in [1.82, 2.24) is 14.7 Å². The fourth-order valence-corrected chi connectivity index (χ4v) is 4.52. The summed E-state index contributed by atoms with van der Waals surface area (Å²) in [5.41, 5.74) is 2.52. The molecule has 1 aromatic heterocycles. The minimum atomic E-state index is -0.330. The van der Waals surface area contributed by atoms with E-state index >= 15 is 0 Å². The van der Waals surface area contributed by atoms with Crippen LogP contribution in [0.1, 0.15) is 40.6 Å². The van der Waals surface area contributed by atoms with Gasteiger partial charge in [-0.1, -0.05) is 31.2 Å². The Morgan fingerprint density at radius 3 is 2.29 bits per heavy atom. The Bertz CT molecular complexity index is 1140. The van der Waals surface area contributed by atoms with Gasteiger partial charge in [-0.3, -0.25) is 14.5 Å². The highest BCUT2D eigenvalue weighted by atomic mass is 19.1. The van der Waals surface area contributed by atoms with Crippen LogP contribution in [0.4, 0.5) is 4.39 Å². The lowest BCUT2D eigenvalue weighted by atomic mass is 10.1. The molecule has 0 spiro atoms. The summed E-state index contributed by atoms with van der Waals surface area (Å²) in [6, 6.07) is 17.3. The monoisotopic (exact) mass is 521 g/mol. The summed E-state index contributed by atoms with van der Waals surface area (Å²) in [5, 5.41) is 0. The summed E-state index contributed by atoms with van der Waals surface area (Å²) in [6.07, 6.45) is 3.21. The third-order valence-electron chi connectivity index (χ3n) is 6.79. The van der Waals surface area contributed by atoms with Gasteiger partial charge < -0.3 is 19.0 Å². The average Bonchev–Trinajstić information content (AvgIpc) is 3.47. The van der Waals surface area contributed by atoms with E-state index in [0.717, 1.165) is 56.8 Å². The number of benzene rings is 2. The predicted octanol–water partition coefficient (Wildman–Crippen LogP) is 4.37. The van der Waals surface area contributed by atoms with E-state index in [9.17, 15) is 14.0 Å². The molecule has 3 aromatic rings. The molecule has 38 heavy (non-hydrogen) atoms. The van der Waals surface area contributed by atoms with Crippen molar-refractivity contribution in [1.29, 1.82) is 0 Å². The normalized spacial score (nSPS) is 13.8. The molecule has 2 heterocycles. The van der Waals surface area contributed by atoms with Gasteiger partial charge in [0.05, 0.1) is 26.0 Å². The lowest BCUT2D eigenvalue weighted by Crippen LogP contribution is -2.44. The molecule has 1 aliphatic heterocycles. The van der Waals surface area contributed by atoms with Crippen LogP contribution < -0.4 is 0 Å². The number of nitrogens with zero attached hydrogens (tertiary/aromatic N) is 3. The summed E-state index contributed by atoms with van der Waals surface area (Å²) in [5.74, 6) is -0.0528. The van der Waals surface area contributed by atoms with E-state index in [1.54, 1.807) is 34.3 Å². The number of morpholine rings is 1. The minimum absolute atomic E-state index is 0.0562. The quantitative estimate of drug-likeness (QED) is 0.354. The number of ether oxygens (including phenoxy) is 1. The number of rotatable bonds is 12. The molecular weight excluding hydrogens is 485 g/mol. The van der Waals surface area contributed by atoms with Gasteiger partial charge in [-0.2, -0.15) is 0 Å². The molecule has 0 saturated carbocycles. The van der Waals surface area contributed by atoms with Gasteiger partial charge in [-0.05, 0) is 60.4 Å². The van der Waals surface area contributed by atoms with Crippen molar-refractivity contribution in [2.45, 2.75) is 32.9 Å². The lowest BCUT2D eigenvalue weighted by Gasteiger charge is -2.30. The van der Waals surface area contributed by atoms with Crippen molar-refractivity contribution < 1.29 is 23.1 Å². The zero-order chi connectivity index (χ0) is 26.7. The zero-order valence-electron chi connectivity index (χ0n) is 22.0. The SMILES string of the molecule is CCc1ccc(C(=O)N(CCCN2CCOCC2)CC(=O)N(Cc2ccc(F)cc2)Cc2ccco2)cc1. The molecular formula is C30H36FN3O4. The maximum absolute atomic E-state index is 13.6. The molecule has 4 rings (SSSR count). The zero-order valence-corrected chi connectivity index (χ0v) is 22.0. The highest BCUT2D eigenvalue weighted by molar-refractivity contribution is 5.96. The second-order valence-electron chi connectivity index (χ2n) is 9.54. The smallest absolute Gasteiger partial charge is 0.254 e. The van der Waals surface area contributed by atoms with Crippen LogP contribution in [0.3, 0.4) is 0 Å². The molecule has 202 valence electrons. The van der Waals surface area contributed by atoms with Gasteiger partial charge in [0.25, 0.3) is 5.91 Å². The second kappa shape index (κ2) is 13.9. The molecule has 2 aromatic carbocycles. The highest BCUT2D eigenvalue weighted by Gasteiger charge is 2.24. The number of carbonyl (C=O) groups is 2. The lowest BCUT2D eigenvalue weighted by molar-refractivity contribution is -0.133. The summed E-state index contributed by atoms with van der Waals surface area (Å²) < 4.78 is 24.4. The van der Waals surface area contributed by atoms with E-state index in [4.69, 9.17) is 9.15 Å². The topological polar surface area (TPSA) is 66.2 Å². The molecule has 1 fully saturated rings. The van der Waals surface area contributed by atoms with Crippen LogP contribution in [0.25, 0.3) is 0 Å². The molecule has 0 aliphatic carbocycles. The van der Waals surface area contributed by atoms with Crippen LogP contribution in [-0.4, -0.2) is 72.5 Å². The molecule has 8 heteroatoms. The summed E-state index contributed by atoms with van der Waals surface area (Å²) in [7, 11) is 0. The van der Waals surface area contributed by atoms with Crippen LogP contribution in [0.15, 0.2) is 71.3 Å². The molecule has 0 unspecified atom stereocenters. The largest absolute Gasteiger partial charge is 0.467 e. The van der Waals surface area contributed by atoms with Crippen molar-refractivity contribution in [3.8, 4) is 0 Å². The maximum Gasteiger partial charge on any atom is 0.254 e. The van der Waals surface area contributed by atoms with Gasteiger partial charge in [0.1, 0.15) is 18.1 Å². The van der Waals surface area contributed by atoms with Crippen LogP contribution in [0.2, 0.25) is 0 Å². The molecule has 1 aliphatic rings. The third-order valence-corrected chi connectivity index (χ3v) is 6.79. The van der Waals surface area contributed by atoms with Crippen LogP contribution in [0.5, 0.6) is 0 Å². The van der Waals surface area contributed by atoms with E-state index < -0.39 is 0 Å². The molecule has 0 radical (unpaired) electrons. The van der Waals surface area contributed by atoms with E-state index in [1.165, 1.54) is 12.1 Å². The standard InChI is InChI=1S/C30H36FN3O4/c1-2-24-6-10-26(11-7-24)30(36)33(15-4-14-32-16-19-37-20-17-32)23-29(35)34(22-28-5-3-18-38-28)21-25-8-12-27(31)13-9-25/h3,5-13,18H,2,4,14-17,19-23H2,1H3. The number of carbonyl (C=O) groups excluding carboxylic acids is 2. The summed E-state index contributed by atoms with van der Waals surface area (Å²) in [4.78, 5) is 32.8. The Labute approximate surface area is 223 Å². The van der Waals surface area contributed by atoms with E-state index in [1.807, 2.05) is 30.3 Å². The number of aryl methyl sites for hydroxylation is 1. The van der Waals surface area contributed by atoms with Gasteiger partial charge in [0.2, 0.25) is 5.91 Å². The number of amides is 2. The maximum atomic E-state index is 13.6. The van der Waals surface area contributed by atoms with Crippen molar-refractivity contribution in [2.24, 2.45) is 0 Å². The molecule has 2 amide bonds.